The predicted octanol–water partition coefficient (Wildman–Crippen LogP) is 3.39. The van der Waals surface area contributed by atoms with Crippen LogP contribution in [0.4, 0.5) is 0 Å². The van der Waals surface area contributed by atoms with Crippen LogP contribution in [-0.4, -0.2) is 4.98 Å². The SMILES string of the molecule is c1ccc(CONCc2ccc3cc[nH]c3c2)cc1. The first-order valence-electron chi connectivity index (χ1n) is 6.36. The second-order valence-electron chi connectivity index (χ2n) is 4.49. The Balaban J connectivity index is 1.52. The molecule has 0 saturated carbocycles. The fourth-order valence-corrected chi connectivity index (χ4v) is 2.05. The van der Waals surface area contributed by atoms with Gasteiger partial charge in [-0.15, -0.1) is 0 Å². The molecule has 2 N–H and O–H groups in total. The molecule has 3 nitrogen and oxygen atoms in total. The van der Waals surface area contributed by atoms with Gasteiger partial charge in [-0.25, -0.2) is 0 Å². The van der Waals surface area contributed by atoms with Crippen LogP contribution in [0.2, 0.25) is 0 Å². The lowest BCUT2D eigenvalue weighted by molar-refractivity contribution is 0.0235. The predicted molar refractivity (Wildman–Crippen MR) is 76.4 cm³/mol. The van der Waals surface area contributed by atoms with Crippen molar-refractivity contribution < 1.29 is 4.84 Å². The molecule has 1 aromatic heterocycles. The highest BCUT2D eigenvalue weighted by molar-refractivity contribution is 5.79. The molecule has 0 bridgehead atoms. The first-order chi connectivity index (χ1) is 9.42. The average molecular weight is 252 g/mol. The van der Waals surface area contributed by atoms with Gasteiger partial charge in [0.15, 0.2) is 0 Å². The van der Waals surface area contributed by atoms with Crippen molar-refractivity contribution >= 4 is 10.9 Å². The molecule has 0 aliphatic heterocycles. The van der Waals surface area contributed by atoms with Crippen LogP contribution in [0, 0.1) is 0 Å². The molecular weight excluding hydrogens is 236 g/mol. The van der Waals surface area contributed by atoms with Gasteiger partial charge in [-0.05, 0) is 28.6 Å². The van der Waals surface area contributed by atoms with E-state index in [1.54, 1.807) is 0 Å². The van der Waals surface area contributed by atoms with Crippen LogP contribution in [0.5, 0.6) is 0 Å². The summed E-state index contributed by atoms with van der Waals surface area (Å²) in [6.07, 6.45) is 1.95. The molecule has 0 atom stereocenters. The van der Waals surface area contributed by atoms with E-state index in [1.165, 1.54) is 10.9 Å². The van der Waals surface area contributed by atoms with Gasteiger partial charge in [0.2, 0.25) is 0 Å². The zero-order chi connectivity index (χ0) is 12.9. The van der Waals surface area contributed by atoms with Crippen molar-refractivity contribution in [1.29, 1.82) is 0 Å². The molecule has 3 rings (SSSR count). The number of aromatic amines is 1. The Labute approximate surface area is 112 Å². The van der Waals surface area contributed by atoms with E-state index in [0.717, 1.165) is 11.1 Å². The highest BCUT2D eigenvalue weighted by atomic mass is 16.6. The normalized spacial score (nSPS) is 10.9. The largest absolute Gasteiger partial charge is 0.361 e. The Hall–Kier alpha value is -2.10. The zero-order valence-electron chi connectivity index (χ0n) is 10.6. The van der Waals surface area contributed by atoms with E-state index in [2.05, 4.69) is 34.7 Å². The molecule has 0 spiro atoms. The third-order valence-electron chi connectivity index (χ3n) is 3.08. The van der Waals surface area contributed by atoms with Gasteiger partial charge in [0, 0.05) is 18.3 Å². The Morgan fingerprint density at radius 2 is 1.84 bits per heavy atom. The van der Waals surface area contributed by atoms with E-state index in [1.807, 2.05) is 36.5 Å². The Morgan fingerprint density at radius 1 is 0.947 bits per heavy atom. The summed E-state index contributed by atoms with van der Waals surface area (Å²) in [5, 5.41) is 1.23. The molecule has 0 unspecified atom stereocenters. The molecule has 3 heteroatoms. The van der Waals surface area contributed by atoms with Gasteiger partial charge in [0.25, 0.3) is 0 Å². The summed E-state index contributed by atoms with van der Waals surface area (Å²) >= 11 is 0. The highest BCUT2D eigenvalue weighted by Gasteiger charge is 1.97. The number of aromatic nitrogens is 1. The lowest BCUT2D eigenvalue weighted by atomic mass is 10.2. The number of benzene rings is 2. The fourth-order valence-electron chi connectivity index (χ4n) is 2.05. The lowest BCUT2D eigenvalue weighted by Gasteiger charge is -2.06. The Kier molecular flexibility index (Phi) is 3.58. The summed E-state index contributed by atoms with van der Waals surface area (Å²) in [5.74, 6) is 0. The minimum atomic E-state index is 0.575. The van der Waals surface area contributed by atoms with Gasteiger partial charge in [-0.2, -0.15) is 5.48 Å². The molecule has 19 heavy (non-hydrogen) atoms. The standard InChI is InChI=1S/C16H16N2O/c1-2-4-13(5-3-1)12-19-18-11-14-6-7-15-8-9-17-16(15)10-14/h1-10,17-18H,11-12H2. The number of hydrogen-bond donors (Lipinski definition) is 2. The van der Waals surface area contributed by atoms with Crippen molar-refractivity contribution in [3.05, 3.63) is 71.9 Å². The van der Waals surface area contributed by atoms with Gasteiger partial charge in [0.05, 0.1) is 6.61 Å². The summed E-state index contributed by atoms with van der Waals surface area (Å²) in [4.78, 5) is 8.66. The third-order valence-corrected chi connectivity index (χ3v) is 3.08. The van der Waals surface area contributed by atoms with Crippen molar-refractivity contribution in [3.63, 3.8) is 0 Å². The van der Waals surface area contributed by atoms with Crippen molar-refractivity contribution in [2.45, 2.75) is 13.2 Å². The van der Waals surface area contributed by atoms with Gasteiger partial charge in [-0.3, -0.25) is 4.84 Å². The topological polar surface area (TPSA) is 37.0 Å². The number of hydroxylamine groups is 1. The minimum Gasteiger partial charge on any atom is -0.361 e. The summed E-state index contributed by atoms with van der Waals surface area (Å²) < 4.78 is 0. The van der Waals surface area contributed by atoms with Crippen molar-refractivity contribution in [2.75, 3.05) is 0 Å². The Bertz CT molecular complexity index is 646. The summed E-state index contributed by atoms with van der Waals surface area (Å²) in [6, 6.07) is 18.5. The van der Waals surface area contributed by atoms with E-state index in [-0.39, 0.29) is 0 Å². The van der Waals surface area contributed by atoms with Crippen molar-refractivity contribution in [1.82, 2.24) is 10.5 Å². The number of hydrogen-bond acceptors (Lipinski definition) is 2. The van der Waals surface area contributed by atoms with Crippen LogP contribution in [0.25, 0.3) is 10.9 Å². The van der Waals surface area contributed by atoms with Gasteiger partial charge < -0.3 is 4.98 Å². The first kappa shape index (κ1) is 12.0. The molecular formula is C16H16N2O. The second kappa shape index (κ2) is 5.69. The van der Waals surface area contributed by atoms with Crippen molar-refractivity contribution in [3.8, 4) is 0 Å². The summed E-state index contributed by atoms with van der Waals surface area (Å²) in [5.41, 5.74) is 6.51. The molecule has 1 heterocycles. The fraction of sp³-hybridized carbons (Fsp3) is 0.125. The van der Waals surface area contributed by atoms with E-state index < -0.39 is 0 Å². The third kappa shape index (κ3) is 3.02. The number of fused-ring (bicyclic) bond motifs is 1. The lowest BCUT2D eigenvalue weighted by Crippen LogP contribution is -2.13. The van der Waals surface area contributed by atoms with Gasteiger partial charge in [0.1, 0.15) is 0 Å². The molecule has 2 aromatic carbocycles. The number of rotatable bonds is 5. The van der Waals surface area contributed by atoms with E-state index in [0.29, 0.717) is 13.2 Å². The first-order valence-corrected chi connectivity index (χ1v) is 6.36. The molecule has 3 aromatic rings. The number of H-pyrrole nitrogens is 1. The molecule has 0 aliphatic rings. The van der Waals surface area contributed by atoms with Crippen LogP contribution in [0.1, 0.15) is 11.1 Å². The van der Waals surface area contributed by atoms with E-state index in [4.69, 9.17) is 4.84 Å². The molecule has 0 aliphatic carbocycles. The van der Waals surface area contributed by atoms with Crippen LogP contribution in [0.15, 0.2) is 60.8 Å². The maximum atomic E-state index is 5.46. The van der Waals surface area contributed by atoms with Crippen LogP contribution < -0.4 is 5.48 Å². The second-order valence-corrected chi connectivity index (χ2v) is 4.49. The van der Waals surface area contributed by atoms with Gasteiger partial charge >= 0.3 is 0 Å². The quantitative estimate of drug-likeness (QED) is 0.539. The van der Waals surface area contributed by atoms with E-state index >= 15 is 0 Å². The number of nitrogens with one attached hydrogen (secondary N) is 2. The molecule has 0 amide bonds. The summed E-state index contributed by atoms with van der Waals surface area (Å²) in [7, 11) is 0. The maximum Gasteiger partial charge on any atom is 0.0933 e. The molecule has 96 valence electrons. The van der Waals surface area contributed by atoms with Crippen LogP contribution >= 0.6 is 0 Å². The zero-order valence-corrected chi connectivity index (χ0v) is 10.6. The van der Waals surface area contributed by atoms with Crippen LogP contribution in [-0.2, 0) is 18.0 Å². The van der Waals surface area contributed by atoms with E-state index in [9.17, 15) is 0 Å². The van der Waals surface area contributed by atoms with Gasteiger partial charge in [-0.1, -0.05) is 42.5 Å². The summed E-state index contributed by atoms with van der Waals surface area (Å²) in [6.45, 7) is 1.27. The smallest absolute Gasteiger partial charge is 0.0933 e. The monoisotopic (exact) mass is 252 g/mol. The van der Waals surface area contributed by atoms with Crippen molar-refractivity contribution in [2.24, 2.45) is 0 Å². The Morgan fingerprint density at radius 3 is 2.74 bits per heavy atom. The van der Waals surface area contributed by atoms with Crippen LogP contribution in [0.3, 0.4) is 0 Å². The average Bonchev–Trinajstić information content (AvgIpc) is 2.92. The highest BCUT2D eigenvalue weighted by Crippen LogP contribution is 2.13. The maximum absolute atomic E-state index is 5.46. The molecule has 0 saturated heterocycles. The minimum absolute atomic E-state index is 0.575. The molecule has 0 fully saturated rings. The molecule has 0 radical (unpaired) electrons.